The van der Waals surface area contributed by atoms with E-state index in [1.54, 1.807) is 23.2 Å². The van der Waals surface area contributed by atoms with Crippen LogP contribution in [0.25, 0.3) is 16.5 Å². The Morgan fingerprint density at radius 1 is 1.25 bits per heavy atom. The number of amides is 1. The van der Waals surface area contributed by atoms with Crippen molar-refractivity contribution in [2.45, 2.75) is 32.8 Å². The van der Waals surface area contributed by atoms with E-state index < -0.39 is 11.4 Å². The van der Waals surface area contributed by atoms with Gasteiger partial charge in [-0.15, -0.1) is 0 Å². The van der Waals surface area contributed by atoms with E-state index in [2.05, 4.69) is 26.3 Å². The summed E-state index contributed by atoms with van der Waals surface area (Å²) in [5.74, 6) is -0.126. The largest absolute Gasteiger partial charge is 0.444 e. The van der Waals surface area contributed by atoms with Crippen LogP contribution in [0.3, 0.4) is 0 Å². The van der Waals surface area contributed by atoms with Crippen LogP contribution >= 0.6 is 11.6 Å². The summed E-state index contributed by atoms with van der Waals surface area (Å²) >= 11 is 5.90. The van der Waals surface area contributed by atoms with Crippen molar-refractivity contribution in [2.24, 2.45) is 0 Å². The molecular formula is C23H23ClFN5O2. The molecule has 1 aliphatic heterocycles. The Balaban J connectivity index is 1.63. The first-order chi connectivity index (χ1) is 15.2. The minimum Gasteiger partial charge on any atom is -0.444 e. The molecule has 0 bridgehead atoms. The number of rotatable bonds is 3. The van der Waals surface area contributed by atoms with E-state index in [-0.39, 0.29) is 16.8 Å². The maximum absolute atomic E-state index is 14.4. The normalized spacial score (nSPS) is 14.3. The number of ether oxygens (including phenoxy) is 1. The van der Waals surface area contributed by atoms with Gasteiger partial charge in [0.2, 0.25) is 0 Å². The van der Waals surface area contributed by atoms with Crippen LogP contribution in [0.2, 0.25) is 5.02 Å². The molecule has 0 spiro atoms. The van der Waals surface area contributed by atoms with Gasteiger partial charge in [0.1, 0.15) is 17.7 Å². The summed E-state index contributed by atoms with van der Waals surface area (Å²) in [5.41, 5.74) is 1.84. The third-order valence-corrected chi connectivity index (χ3v) is 5.15. The first-order valence-corrected chi connectivity index (χ1v) is 10.6. The SMILES string of the molecule is CC(C)(C)OC(=O)N1CCC=C(c2cc3c(Nc4cccc(Cl)c4F)ncnc3cn2)C1. The quantitative estimate of drug-likeness (QED) is 0.554. The van der Waals surface area contributed by atoms with Crippen molar-refractivity contribution in [2.75, 3.05) is 18.4 Å². The number of nitrogens with zero attached hydrogens (tertiary/aromatic N) is 4. The molecule has 0 radical (unpaired) electrons. The summed E-state index contributed by atoms with van der Waals surface area (Å²) in [6.07, 6.45) is 5.42. The lowest BCUT2D eigenvalue weighted by molar-refractivity contribution is 0.0273. The highest BCUT2D eigenvalue weighted by Crippen LogP contribution is 2.29. The number of anilines is 2. The molecule has 9 heteroatoms. The fourth-order valence-corrected chi connectivity index (χ4v) is 3.55. The number of carbonyl (C=O) groups excluding carboxylic acids is 1. The summed E-state index contributed by atoms with van der Waals surface area (Å²) in [4.78, 5) is 27.2. The van der Waals surface area contributed by atoms with Crippen molar-refractivity contribution in [1.29, 1.82) is 0 Å². The minimum absolute atomic E-state index is 0.0188. The van der Waals surface area contributed by atoms with E-state index in [1.165, 1.54) is 12.4 Å². The Labute approximate surface area is 190 Å². The molecule has 0 atom stereocenters. The number of carbonyl (C=O) groups is 1. The van der Waals surface area contributed by atoms with Crippen LogP contribution in [-0.4, -0.2) is 44.6 Å². The zero-order valence-corrected chi connectivity index (χ0v) is 18.8. The Kier molecular flexibility index (Phi) is 5.97. The van der Waals surface area contributed by atoms with Gasteiger partial charge >= 0.3 is 6.09 Å². The first-order valence-electron chi connectivity index (χ1n) is 10.2. The second kappa shape index (κ2) is 8.70. The smallest absolute Gasteiger partial charge is 0.410 e. The van der Waals surface area contributed by atoms with Crippen LogP contribution in [0.4, 0.5) is 20.7 Å². The van der Waals surface area contributed by atoms with Gasteiger partial charge in [0.15, 0.2) is 5.82 Å². The molecule has 3 heterocycles. The predicted molar refractivity (Wildman–Crippen MR) is 122 cm³/mol. The summed E-state index contributed by atoms with van der Waals surface area (Å²) < 4.78 is 19.9. The lowest BCUT2D eigenvalue weighted by atomic mass is 10.0. The van der Waals surface area contributed by atoms with E-state index in [0.29, 0.717) is 41.9 Å². The van der Waals surface area contributed by atoms with Crippen LogP contribution in [0.5, 0.6) is 0 Å². The number of hydrogen-bond donors (Lipinski definition) is 1. The molecule has 0 aliphatic carbocycles. The molecule has 0 saturated heterocycles. The van der Waals surface area contributed by atoms with E-state index in [4.69, 9.17) is 16.3 Å². The molecule has 32 heavy (non-hydrogen) atoms. The molecule has 1 N–H and O–H groups in total. The topological polar surface area (TPSA) is 80.2 Å². The summed E-state index contributed by atoms with van der Waals surface area (Å²) in [6.45, 7) is 6.48. The Morgan fingerprint density at radius 2 is 2.06 bits per heavy atom. The van der Waals surface area contributed by atoms with Crippen LogP contribution in [0.1, 0.15) is 32.9 Å². The van der Waals surface area contributed by atoms with Gasteiger partial charge in [-0.3, -0.25) is 4.98 Å². The highest BCUT2D eigenvalue weighted by Gasteiger charge is 2.25. The number of nitrogens with one attached hydrogen (secondary N) is 1. The van der Waals surface area contributed by atoms with Crippen molar-refractivity contribution in [1.82, 2.24) is 19.9 Å². The Bertz CT molecular complexity index is 1210. The first kappa shape index (κ1) is 22.0. The van der Waals surface area contributed by atoms with Gasteiger partial charge in [-0.2, -0.15) is 0 Å². The molecular weight excluding hydrogens is 433 g/mol. The zero-order valence-electron chi connectivity index (χ0n) is 18.0. The predicted octanol–water partition coefficient (Wildman–Crippen LogP) is 5.59. The molecule has 7 nitrogen and oxygen atoms in total. The molecule has 3 aromatic rings. The van der Waals surface area contributed by atoms with Crippen molar-refractivity contribution in [3.8, 4) is 0 Å². The zero-order chi connectivity index (χ0) is 22.9. The lowest BCUT2D eigenvalue weighted by Gasteiger charge is -2.30. The van der Waals surface area contributed by atoms with Gasteiger partial charge in [0.05, 0.1) is 34.7 Å². The summed E-state index contributed by atoms with van der Waals surface area (Å²) in [7, 11) is 0. The fraction of sp³-hybridized carbons (Fsp3) is 0.304. The molecule has 2 aromatic heterocycles. The third-order valence-electron chi connectivity index (χ3n) is 4.86. The van der Waals surface area contributed by atoms with E-state index in [1.807, 2.05) is 26.8 Å². The lowest BCUT2D eigenvalue weighted by Crippen LogP contribution is -2.39. The van der Waals surface area contributed by atoms with Crippen LogP contribution < -0.4 is 5.32 Å². The van der Waals surface area contributed by atoms with Crippen molar-refractivity contribution in [3.05, 3.63) is 59.4 Å². The minimum atomic E-state index is -0.562. The molecule has 1 aromatic carbocycles. The standard InChI is InChI=1S/C23H23ClFN5O2/c1-23(2,3)32-22(31)30-9-5-6-14(12-30)18-10-15-19(11-26-18)27-13-28-21(15)29-17-8-4-7-16(24)20(17)25/h4,6-8,10-11,13H,5,9,12H2,1-3H3,(H,27,28,29). The van der Waals surface area contributed by atoms with E-state index >= 15 is 0 Å². The fourth-order valence-electron chi connectivity index (χ4n) is 3.37. The molecule has 0 saturated carbocycles. The van der Waals surface area contributed by atoms with E-state index in [9.17, 15) is 9.18 Å². The monoisotopic (exact) mass is 455 g/mol. The Morgan fingerprint density at radius 3 is 2.84 bits per heavy atom. The molecule has 4 rings (SSSR count). The highest BCUT2D eigenvalue weighted by molar-refractivity contribution is 6.31. The average Bonchev–Trinajstić information content (AvgIpc) is 2.76. The number of hydrogen-bond acceptors (Lipinski definition) is 6. The second-order valence-corrected chi connectivity index (χ2v) is 8.86. The maximum atomic E-state index is 14.4. The van der Waals surface area contributed by atoms with Gasteiger partial charge in [-0.1, -0.05) is 23.7 Å². The van der Waals surface area contributed by atoms with Gasteiger partial charge in [-0.25, -0.2) is 19.2 Å². The Hall–Kier alpha value is -3.26. The average molecular weight is 456 g/mol. The highest BCUT2D eigenvalue weighted by atomic mass is 35.5. The van der Waals surface area contributed by atoms with Gasteiger partial charge in [0.25, 0.3) is 0 Å². The van der Waals surface area contributed by atoms with E-state index in [0.717, 1.165) is 5.57 Å². The van der Waals surface area contributed by atoms with Crippen molar-refractivity contribution < 1.29 is 13.9 Å². The number of aromatic nitrogens is 3. The third kappa shape index (κ3) is 4.80. The number of pyridine rings is 1. The summed E-state index contributed by atoms with van der Waals surface area (Å²) in [6, 6.07) is 6.56. The molecule has 1 amide bonds. The van der Waals surface area contributed by atoms with Crippen LogP contribution in [0.15, 0.2) is 42.9 Å². The van der Waals surface area contributed by atoms with Crippen molar-refractivity contribution >= 4 is 45.7 Å². The molecule has 1 aliphatic rings. The number of benzene rings is 1. The van der Waals surface area contributed by atoms with Crippen molar-refractivity contribution in [3.63, 3.8) is 0 Å². The number of fused-ring (bicyclic) bond motifs is 1. The van der Waals surface area contributed by atoms with Crippen LogP contribution in [0, 0.1) is 5.82 Å². The molecule has 0 unspecified atom stereocenters. The molecule has 166 valence electrons. The van der Waals surface area contributed by atoms with Gasteiger partial charge in [-0.05, 0) is 51.0 Å². The summed E-state index contributed by atoms with van der Waals surface area (Å²) in [5, 5.41) is 3.69. The van der Waals surface area contributed by atoms with Crippen LogP contribution in [-0.2, 0) is 4.74 Å². The van der Waals surface area contributed by atoms with Gasteiger partial charge in [0, 0.05) is 11.9 Å². The number of halogens is 2. The maximum Gasteiger partial charge on any atom is 0.410 e. The van der Waals surface area contributed by atoms with Gasteiger partial charge < -0.3 is 15.0 Å². The second-order valence-electron chi connectivity index (χ2n) is 8.46. The molecule has 0 fully saturated rings.